The molecular weight excluding hydrogens is 302 g/mol. The van der Waals surface area contributed by atoms with Gasteiger partial charge in [-0.3, -0.25) is 19.8 Å². The molecule has 0 aromatic heterocycles. The van der Waals surface area contributed by atoms with Crippen LogP contribution in [0.4, 0.5) is 11.4 Å². The van der Waals surface area contributed by atoms with Crippen LogP contribution < -0.4 is 5.32 Å². The maximum Gasteiger partial charge on any atom is 0.292 e. The Bertz CT molecular complexity index is 553. The van der Waals surface area contributed by atoms with Gasteiger partial charge < -0.3 is 5.32 Å². The number of carbonyl (C=O) groups excluding carboxylic acids is 1. The van der Waals surface area contributed by atoms with Gasteiger partial charge in [-0.05, 0) is 32.2 Å². The summed E-state index contributed by atoms with van der Waals surface area (Å²) in [5.74, 6) is -0.219. The summed E-state index contributed by atoms with van der Waals surface area (Å²) in [5.41, 5.74) is 0.167. The van der Waals surface area contributed by atoms with Crippen molar-refractivity contribution in [1.29, 1.82) is 0 Å². The first-order valence-electron chi connectivity index (χ1n) is 7.29. The third-order valence-corrected chi connectivity index (χ3v) is 5.21. The zero-order valence-electron chi connectivity index (χ0n) is 12.8. The molecule has 0 radical (unpaired) electrons. The number of nitrogens with zero attached hydrogens (tertiary/aromatic N) is 2. The third-order valence-electron chi connectivity index (χ3n) is 4.05. The number of carbonyl (C=O) groups is 1. The molecule has 1 N–H and O–H groups in total. The number of benzene rings is 1. The van der Waals surface area contributed by atoms with Crippen molar-refractivity contribution in [3.63, 3.8) is 0 Å². The number of likely N-dealkylation sites (N-methyl/N-ethyl adjacent to an activating group) is 1. The zero-order chi connectivity index (χ0) is 16.1. The van der Waals surface area contributed by atoms with Gasteiger partial charge in [0, 0.05) is 17.4 Å². The number of nitro groups is 1. The van der Waals surface area contributed by atoms with E-state index in [1.165, 1.54) is 18.9 Å². The van der Waals surface area contributed by atoms with Crippen LogP contribution in [0.5, 0.6) is 0 Å². The van der Waals surface area contributed by atoms with Crippen molar-refractivity contribution in [1.82, 2.24) is 4.90 Å². The van der Waals surface area contributed by atoms with Crippen LogP contribution in [-0.2, 0) is 4.79 Å². The van der Waals surface area contributed by atoms with Crippen LogP contribution in [0.1, 0.15) is 19.3 Å². The summed E-state index contributed by atoms with van der Waals surface area (Å²) in [4.78, 5) is 24.7. The molecule has 1 amide bonds. The van der Waals surface area contributed by atoms with Gasteiger partial charge >= 0.3 is 0 Å². The van der Waals surface area contributed by atoms with Crippen molar-refractivity contribution in [2.75, 3.05) is 25.2 Å². The van der Waals surface area contributed by atoms with Gasteiger partial charge in [0.25, 0.3) is 5.69 Å². The number of nitrogens with one attached hydrogen (secondary N) is 1. The van der Waals surface area contributed by atoms with Crippen LogP contribution in [-0.4, -0.2) is 46.9 Å². The largest absolute Gasteiger partial charge is 0.319 e. The predicted octanol–water partition coefficient (Wildman–Crippen LogP) is 2.75. The average molecular weight is 323 g/mol. The maximum atomic E-state index is 12.2. The van der Waals surface area contributed by atoms with E-state index < -0.39 is 4.92 Å². The second-order valence-electron chi connectivity index (χ2n) is 5.51. The number of anilines is 1. The van der Waals surface area contributed by atoms with E-state index in [1.807, 2.05) is 18.8 Å². The highest BCUT2D eigenvalue weighted by atomic mass is 32.2. The highest BCUT2D eigenvalue weighted by Crippen LogP contribution is 2.31. The normalized spacial score (nSPS) is 21.0. The molecule has 120 valence electrons. The van der Waals surface area contributed by atoms with Crippen molar-refractivity contribution < 1.29 is 9.72 Å². The second-order valence-corrected chi connectivity index (χ2v) is 6.59. The molecule has 1 fully saturated rings. The Labute approximate surface area is 134 Å². The summed E-state index contributed by atoms with van der Waals surface area (Å²) in [5, 5.41) is 14.2. The smallest absolute Gasteiger partial charge is 0.292 e. The first kappa shape index (κ1) is 16.8. The summed E-state index contributed by atoms with van der Waals surface area (Å²) in [6.07, 6.45) is 5.57. The molecule has 0 heterocycles. The Hall–Kier alpha value is -1.60. The first-order chi connectivity index (χ1) is 10.5. The molecule has 2 rings (SSSR count). The summed E-state index contributed by atoms with van der Waals surface area (Å²) in [6, 6.07) is 6.59. The Morgan fingerprint density at radius 3 is 2.86 bits per heavy atom. The first-order valence-corrected chi connectivity index (χ1v) is 8.58. The molecule has 1 aliphatic rings. The molecule has 1 saturated carbocycles. The average Bonchev–Trinajstić information content (AvgIpc) is 2.96. The van der Waals surface area contributed by atoms with Gasteiger partial charge in [-0.1, -0.05) is 18.6 Å². The van der Waals surface area contributed by atoms with E-state index in [-0.39, 0.29) is 23.8 Å². The summed E-state index contributed by atoms with van der Waals surface area (Å²) < 4.78 is 0. The Balaban J connectivity index is 1.97. The predicted molar refractivity (Wildman–Crippen MR) is 89.3 cm³/mol. The number of nitro benzene ring substituents is 1. The van der Waals surface area contributed by atoms with E-state index >= 15 is 0 Å². The number of rotatable bonds is 6. The number of para-hydroxylation sites is 2. The van der Waals surface area contributed by atoms with Crippen molar-refractivity contribution in [3.8, 4) is 0 Å². The number of hydrogen-bond acceptors (Lipinski definition) is 5. The fraction of sp³-hybridized carbons (Fsp3) is 0.533. The van der Waals surface area contributed by atoms with E-state index in [9.17, 15) is 14.9 Å². The van der Waals surface area contributed by atoms with E-state index in [4.69, 9.17) is 0 Å². The van der Waals surface area contributed by atoms with Crippen LogP contribution in [0.25, 0.3) is 0 Å². The van der Waals surface area contributed by atoms with Crippen LogP contribution >= 0.6 is 11.8 Å². The lowest BCUT2D eigenvalue weighted by Gasteiger charge is -2.28. The van der Waals surface area contributed by atoms with E-state index in [1.54, 1.807) is 18.2 Å². The Kier molecular flexibility index (Phi) is 5.79. The molecule has 0 unspecified atom stereocenters. The molecule has 0 saturated heterocycles. The van der Waals surface area contributed by atoms with Crippen LogP contribution in [0.15, 0.2) is 24.3 Å². The molecule has 0 aliphatic heterocycles. The molecule has 0 bridgehead atoms. The van der Waals surface area contributed by atoms with Crippen molar-refractivity contribution in [2.45, 2.75) is 30.6 Å². The minimum atomic E-state index is -0.486. The summed E-state index contributed by atoms with van der Waals surface area (Å²) in [7, 11) is 1.94. The lowest BCUT2D eigenvalue weighted by atomic mass is 10.2. The van der Waals surface area contributed by atoms with E-state index in [2.05, 4.69) is 16.5 Å². The molecule has 7 heteroatoms. The highest BCUT2D eigenvalue weighted by Gasteiger charge is 2.30. The Morgan fingerprint density at radius 2 is 2.18 bits per heavy atom. The van der Waals surface area contributed by atoms with Gasteiger partial charge in [-0.2, -0.15) is 11.8 Å². The number of thioether (sulfide) groups is 1. The lowest BCUT2D eigenvalue weighted by molar-refractivity contribution is -0.383. The van der Waals surface area contributed by atoms with Crippen molar-refractivity contribution in [3.05, 3.63) is 34.4 Å². The minimum absolute atomic E-state index is 0.0821. The van der Waals surface area contributed by atoms with Gasteiger partial charge in [0.1, 0.15) is 5.69 Å². The maximum absolute atomic E-state index is 12.2. The van der Waals surface area contributed by atoms with Crippen LogP contribution in [0.2, 0.25) is 0 Å². The fourth-order valence-corrected chi connectivity index (χ4v) is 4.02. The third kappa shape index (κ3) is 3.98. The van der Waals surface area contributed by atoms with E-state index in [0.29, 0.717) is 11.3 Å². The van der Waals surface area contributed by atoms with Gasteiger partial charge in [0.15, 0.2) is 0 Å². The SMILES string of the molecule is CS[C@H]1CCC[C@H]1N(C)CC(=O)Nc1ccccc1[N+](=O)[O-]. The summed E-state index contributed by atoms with van der Waals surface area (Å²) >= 11 is 1.84. The van der Waals surface area contributed by atoms with Gasteiger partial charge in [-0.15, -0.1) is 0 Å². The van der Waals surface area contributed by atoms with Gasteiger partial charge in [0.2, 0.25) is 5.91 Å². The molecule has 1 aromatic carbocycles. The molecular formula is C15H21N3O3S. The molecule has 6 nitrogen and oxygen atoms in total. The van der Waals surface area contributed by atoms with Gasteiger partial charge in [0.05, 0.1) is 11.5 Å². The van der Waals surface area contributed by atoms with Gasteiger partial charge in [-0.25, -0.2) is 0 Å². The van der Waals surface area contributed by atoms with Crippen molar-refractivity contribution in [2.24, 2.45) is 0 Å². The second kappa shape index (κ2) is 7.60. The molecule has 1 aromatic rings. The van der Waals surface area contributed by atoms with Crippen molar-refractivity contribution >= 4 is 29.0 Å². The topological polar surface area (TPSA) is 75.5 Å². The quantitative estimate of drug-likeness (QED) is 0.643. The summed E-state index contributed by atoms with van der Waals surface area (Å²) in [6.45, 7) is 0.244. The molecule has 1 aliphatic carbocycles. The zero-order valence-corrected chi connectivity index (χ0v) is 13.6. The van der Waals surface area contributed by atoms with Crippen LogP contribution in [0, 0.1) is 10.1 Å². The van der Waals surface area contributed by atoms with Crippen LogP contribution in [0.3, 0.4) is 0 Å². The Morgan fingerprint density at radius 1 is 1.45 bits per heavy atom. The molecule has 0 spiro atoms. The number of hydrogen-bond donors (Lipinski definition) is 1. The molecule has 22 heavy (non-hydrogen) atoms. The number of amides is 1. The standard InChI is InChI=1S/C15H21N3O3S/c1-17(13-8-5-9-14(13)22-2)10-15(19)16-11-6-3-4-7-12(11)18(20)21/h3-4,6-7,13-14H,5,8-10H2,1-2H3,(H,16,19)/t13-,14+/m1/s1. The highest BCUT2D eigenvalue weighted by molar-refractivity contribution is 7.99. The monoisotopic (exact) mass is 323 g/mol. The fourth-order valence-electron chi connectivity index (χ4n) is 2.96. The van der Waals surface area contributed by atoms with E-state index in [0.717, 1.165) is 6.42 Å². The lowest BCUT2D eigenvalue weighted by Crippen LogP contribution is -2.41. The minimum Gasteiger partial charge on any atom is -0.319 e. The molecule has 2 atom stereocenters.